The third-order valence-corrected chi connectivity index (χ3v) is 5.15. The number of rotatable bonds is 5. The molecule has 3 aromatic rings. The van der Waals surface area contributed by atoms with Gasteiger partial charge in [-0.15, -0.1) is 11.3 Å². The zero-order valence-corrected chi connectivity index (χ0v) is 17.0. The molecule has 2 heterocycles. The molecule has 2 aromatic carbocycles. The summed E-state index contributed by atoms with van der Waals surface area (Å²) in [5.41, 5.74) is 2.76. The van der Waals surface area contributed by atoms with Gasteiger partial charge in [-0.2, -0.15) is 5.26 Å². The van der Waals surface area contributed by atoms with E-state index in [0.717, 1.165) is 16.8 Å². The normalized spacial score (nSPS) is 12.4. The van der Waals surface area contributed by atoms with Crippen molar-refractivity contribution < 1.29 is 23.7 Å². The van der Waals surface area contributed by atoms with E-state index in [9.17, 15) is 10.1 Å². The van der Waals surface area contributed by atoms with Crippen LogP contribution < -0.4 is 18.9 Å². The lowest BCUT2D eigenvalue weighted by Crippen LogP contribution is -2.03. The van der Waals surface area contributed by atoms with E-state index in [1.54, 1.807) is 24.3 Å². The van der Waals surface area contributed by atoms with Gasteiger partial charge >= 0.3 is 5.97 Å². The first kappa shape index (κ1) is 19.5. The minimum absolute atomic E-state index is 0.210. The molecule has 0 atom stereocenters. The number of carbonyl (C=O) groups is 1. The molecule has 0 spiro atoms. The van der Waals surface area contributed by atoms with Crippen LogP contribution in [0.5, 0.6) is 23.0 Å². The van der Waals surface area contributed by atoms with Crippen LogP contribution in [0.15, 0.2) is 41.8 Å². The molecule has 0 radical (unpaired) electrons. The summed E-state index contributed by atoms with van der Waals surface area (Å²) >= 11 is 1.38. The van der Waals surface area contributed by atoms with Gasteiger partial charge in [-0.1, -0.05) is 6.07 Å². The van der Waals surface area contributed by atoms with Crippen LogP contribution in [-0.2, 0) is 4.79 Å². The second-order valence-corrected chi connectivity index (χ2v) is 7.14. The highest BCUT2D eigenvalue weighted by Crippen LogP contribution is 2.37. The smallest absolute Gasteiger partial charge is 0.308 e. The number of hydrogen-bond acceptors (Lipinski definition) is 8. The molecule has 1 aromatic heterocycles. The number of methoxy groups -OCH3 is 1. The van der Waals surface area contributed by atoms with Crippen LogP contribution in [0.4, 0.5) is 0 Å². The minimum Gasteiger partial charge on any atom is -0.493 e. The number of thiazole rings is 1. The third kappa shape index (κ3) is 3.97. The number of nitrogens with zero attached hydrogens (tertiary/aromatic N) is 2. The quantitative estimate of drug-likeness (QED) is 0.340. The number of nitriles is 1. The van der Waals surface area contributed by atoms with E-state index in [-0.39, 0.29) is 6.79 Å². The maximum Gasteiger partial charge on any atom is 0.308 e. The van der Waals surface area contributed by atoms with Crippen molar-refractivity contribution in [2.75, 3.05) is 13.9 Å². The molecule has 150 valence electrons. The highest BCUT2D eigenvalue weighted by atomic mass is 32.1. The van der Waals surface area contributed by atoms with Gasteiger partial charge in [0.2, 0.25) is 6.79 Å². The molecule has 1 aliphatic heterocycles. The molecule has 0 unspecified atom stereocenters. The Kier molecular flexibility index (Phi) is 5.37. The number of ether oxygens (including phenoxy) is 4. The predicted octanol–water partition coefficient (Wildman–Crippen LogP) is 4.54. The highest BCUT2D eigenvalue weighted by molar-refractivity contribution is 7.11. The molecule has 0 aliphatic carbocycles. The Morgan fingerprint density at radius 2 is 2.03 bits per heavy atom. The monoisotopic (exact) mass is 420 g/mol. The summed E-state index contributed by atoms with van der Waals surface area (Å²) in [6.07, 6.45) is 1.71. The number of fused-ring (bicyclic) bond motifs is 1. The lowest BCUT2D eigenvalue weighted by Gasteiger charge is -2.08. The summed E-state index contributed by atoms with van der Waals surface area (Å²) < 4.78 is 21.1. The Balaban J connectivity index is 1.63. The summed E-state index contributed by atoms with van der Waals surface area (Å²) in [4.78, 5) is 15.8. The van der Waals surface area contributed by atoms with Crippen LogP contribution in [0, 0.1) is 11.3 Å². The van der Waals surface area contributed by atoms with Crippen molar-refractivity contribution in [1.82, 2.24) is 4.98 Å². The molecule has 4 rings (SSSR count). The molecular weight excluding hydrogens is 404 g/mol. The van der Waals surface area contributed by atoms with Gasteiger partial charge in [0.15, 0.2) is 23.0 Å². The Labute approximate surface area is 176 Å². The molecule has 0 saturated heterocycles. The summed E-state index contributed by atoms with van der Waals surface area (Å²) in [5.74, 6) is 1.67. The van der Waals surface area contributed by atoms with Crippen molar-refractivity contribution in [3.8, 4) is 40.3 Å². The molecule has 8 heteroatoms. The summed E-state index contributed by atoms with van der Waals surface area (Å²) in [6, 6.07) is 12.9. The molecule has 1 aliphatic rings. The molecular formula is C22H16N2O5S. The van der Waals surface area contributed by atoms with Crippen LogP contribution in [0.3, 0.4) is 0 Å². The number of benzene rings is 2. The van der Waals surface area contributed by atoms with Gasteiger partial charge in [0, 0.05) is 17.9 Å². The van der Waals surface area contributed by atoms with Gasteiger partial charge in [-0.25, -0.2) is 4.98 Å². The summed E-state index contributed by atoms with van der Waals surface area (Å²) in [6.45, 7) is 1.53. The standard InChI is InChI=1S/C22H16N2O5S/c1-13(25)29-19-5-3-14(8-20(19)26-2)7-16(10-23)22-24-17(11-30-22)15-4-6-18-21(9-15)28-12-27-18/h3-9,11H,12H2,1-2H3/b16-7-. The highest BCUT2D eigenvalue weighted by Gasteiger charge is 2.16. The van der Waals surface area contributed by atoms with Crippen molar-refractivity contribution in [1.29, 1.82) is 5.26 Å². The van der Waals surface area contributed by atoms with E-state index in [4.69, 9.17) is 18.9 Å². The van der Waals surface area contributed by atoms with Crippen LogP contribution in [-0.4, -0.2) is 24.9 Å². The zero-order valence-electron chi connectivity index (χ0n) is 16.2. The molecule has 30 heavy (non-hydrogen) atoms. The van der Waals surface area contributed by atoms with Gasteiger partial charge in [0.1, 0.15) is 11.1 Å². The number of carbonyl (C=O) groups excluding carboxylic acids is 1. The number of esters is 1. The fourth-order valence-electron chi connectivity index (χ4n) is 2.91. The Morgan fingerprint density at radius 1 is 1.20 bits per heavy atom. The summed E-state index contributed by atoms with van der Waals surface area (Å²) in [7, 11) is 1.49. The largest absolute Gasteiger partial charge is 0.493 e. The van der Waals surface area contributed by atoms with E-state index in [2.05, 4.69) is 11.1 Å². The van der Waals surface area contributed by atoms with Gasteiger partial charge in [-0.05, 0) is 42.0 Å². The number of allylic oxidation sites excluding steroid dienone is 1. The van der Waals surface area contributed by atoms with Crippen molar-refractivity contribution >= 4 is 29.0 Å². The van der Waals surface area contributed by atoms with Crippen LogP contribution >= 0.6 is 11.3 Å². The van der Waals surface area contributed by atoms with Crippen molar-refractivity contribution in [2.24, 2.45) is 0 Å². The van der Waals surface area contributed by atoms with E-state index in [0.29, 0.717) is 33.6 Å². The predicted molar refractivity (Wildman–Crippen MR) is 111 cm³/mol. The molecule has 0 N–H and O–H groups in total. The van der Waals surface area contributed by atoms with E-state index >= 15 is 0 Å². The molecule has 0 saturated carbocycles. The fourth-order valence-corrected chi connectivity index (χ4v) is 3.70. The fraction of sp³-hybridized carbons (Fsp3) is 0.136. The van der Waals surface area contributed by atoms with Gasteiger partial charge < -0.3 is 18.9 Å². The molecule has 0 bridgehead atoms. The average molecular weight is 420 g/mol. The first-order chi connectivity index (χ1) is 14.6. The van der Waals surface area contributed by atoms with Crippen LogP contribution in [0.1, 0.15) is 17.5 Å². The second kappa shape index (κ2) is 8.27. The zero-order chi connectivity index (χ0) is 21.1. The first-order valence-corrected chi connectivity index (χ1v) is 9.79. The lowest BCUT2D eigenvalue weighted by atomic mass is 10.1. The number of hydrogen-bond donors (Lipinski definition) is 0. The van der Waals surface area contributed by atoms with Crippen LogP contribution in [0.25, 0.3) is 22.9 Å². The van der Waals surface area contributed by atoms with Crippen molar-refractivity contribution in [3.63, 3.8) is 0 Å². The van der Waals surface area contributed by atoms with E-state index in [1.807, 2.05) is 23.6 Å². The Bertz CT molecular complexity index is 1190. The lowest BCUT2D eigenvalue weighted by molar-refractivity contribution is -0.132. The van der Waals surface area contributed by atoms with E-state index in [1.165, 1.54) is 25.4 Å². The Morgan fingerprint density at radius 3 is 2.80 bits per heavy atom. The topological polar surface area (TPSA) is 90.7 Å². The molecule has 0 fully saturated rings. The first-order valence-electron chi connectivity index (χ1n) is 8.91. The van der Waals surface area contributed by atoms with Gasteiger partial charge in [0.05, 0.1) is 18.4 Å². The third-order valence-electron chi connectivity index (χ3n) is 4.28. The van der Waals surface area contributed by atoms with E-state index < -0.39 is 5.97 Å². The minimum atomic E-state index is -0.437. The maximum absolute atomic E-state index is 11.2. The van der Waals surface area contributed by atoms with Gasteiger partial charge in [-0.3, -0.25) is 4.79 Å². The summed E-state index contributed by atoms with van der Waals surface area (Å²) in [5, 5.41) is 12.1. The van der Waals surface area contributed by atoms with Gasteiger partial charge in [0.25, 0.3) is 0 Å². The van der Waals surface area contributed by atoms with Crippen LogP contribution in [0.2, 0.25) is 0 Å². The van der Waals surface area contributed by atoms with Crippen molar-refractivity contribution in [3.05, 3.63) is 52.3 Å². The SMILES string of the molecule is COc1cc(/C=C(/C#N)c2nc(-c3ccc4c(c3)OCO4)cs2)ccc1OC(C)=O. The molecule has 7 nitrogen and oxygen atoms in total. The number of aromatic nitrogens is 1. The Hall–Kier alpha value is -3.83. The maximum atomic E-state index is 11.2. The second-order valence-electron chi connectivity index (χ2n) is 6.28. The van der Waals surface area contributed by atoms with Crippen molar-refractivity contribution in [2.45, 2.75) is 6.92 Å². The average Bonchev–Trinajstić information content (AvgIpc) is 3.41. The molecule has 0 amide bonds.